The molecule has 0 saturated heterocycles. The zero-order chi connectivity index (χ0) is 29.5. The first-order valence-corrected chi connectivity index (χ1v) is 18.7. The maximum absolute atomic E-state index is 9.33. The topological polar surface area (TPSA) is 57.2 Å². The Balaban J connectivity index is 0. The molecule has 0 radical (unpaired) electrons. The molecule has 0 aliphatic rings. The molecule has 0 rings (SSSR count). The summed E-state index contributed by atoms with van der Waals surface area (Å²) >= 11 is 0. The van der Waals surface area contributed by atoms with Crippen LogP contribution < -0.4 is 0 Å². The van der Waals surface area contributed by atoms with Gasteiger partial charge in [0.15, 0.2) is 0 Å². The molecule has 0 aromatic rings. The summed E-state index contributed by atoms with van der Waals surface area (Å²) in [4.78, 5) is 0. The van der Waals surface area contributed by atoms with E-state index in [-0.39, 0.29) is 0 Å². The molecule has 0 fully saturated rings. The fourth-order valence-corrected chi connectivity index (χ4v) is 5.55. The van der Waals surface area contributed by atoms with Gasteiger partial charge in [-0.2, -0.15) is 0 Å². The monoisotopic (exact) mass is 574 g/mol. The third kappa shape index (κ3) is 32.0. The molecule has 0 aromatic heterocycles. The summed E-state index contributed by atoms with van der Waals surface area (Å²) in [6.07, 6.45) is 35.4. The Morgan fingerprint density at radius 2 is 0.692 bits per heavy atom. The van der Waals surface area contributed by atoms with Crippen LogP contribution in [0.15, 0.2) is 12.0 Å². The van der Waals surface area contributed by atoms with Gasteiger partial charge in [0, 0.05) is 5.41 Å². The third-order valence-electron chi connectivity index (χ3n) is 8.70. The highest BCUT2D eigenvalue weighted by atomic mass is 32.2. The fourth-order valence-electron chi connectivity index (χ4n) is 5.55. The van der Waals surface area contributed by atoms with E-state index in [9.17, 15) is 13.0 Å². The molecule has 0 aliphatic heterocycles. The van der Waals surface area contributed by atoms with Crippen molar-refractivity contribution in [1.82, 2.24) is 0 Å². The molecule has 0 N–H and O–H groups in total. The highest BCUT2D eigenvalue weighted by Crippen LogP contribution is 2.16. The number of nitrogens with zero attached hydrogens (tertiary/aromatic N) is 1. The van der Waals surface area contributed by atoms with E-state index in [1.54, 1.807) is 0 Å². The molecule has 4 nitrogen and oxygen atoms in total. The van der Waals surface area contributed by atoms with Crippen LogP contribution in [0.25, 0.3) is 0 Å². The van der Waals surface area contributed by atoms with Crippen LogP contribution in [0.3, 0.4) is 0 Å². The van der Waals surface area contributed by atoms with Crippen molar-refractivity contribution in [3.63, 3.8) is 0 Å². The molecule has 0 bridgehead atoms. The van der Waals surface area contributed by atoms with Gasteiger partial charge in [0.25, 0.3) is 0 Å². The summed E-state index contributed by atoms with van der Waals surface area (Å²) in [5, 5.41) is 0.354. The fraction of sp³-hybridized carbons (Fsp3) is 0.941. The van der Waals surface area contributed by atoms with Crippen LogP contribution >= 0.6 is 0 Å². The van der Waals surface area contributed by atoms with Crippen LogP contribution in [0.5, 0.6) is 0 Å². The van der Waals surface area contributed by atoms with Crippen LogP contribution in [-0.2, 0) is 10.1 Å². The molecular formula is C34H71NO3S. The van der Waals surface area contributed by atoms with Gasteiger partial charge < -0.3 is 9.04 Å². The summed E-state index contributed by atoms with van der Waals surface area (Å²) in [6, 6.07) is 0. The SMILES string of the molecule is C=CS(=O)(=O)[O-].CCCCCCCCCCCCCCCCCCCCCCCCCC[N+](CC)(CC)CC. The van der Waals surface area contributed by atoms with Crippen LogP contribution in [0, 0.1) is 0 Å². The molecule has 0 aromatic carbocycles. The molecule has 0 saturated carbocycles. The second-order valence-corrected chi connectivity index (χ2v) is 13.1. The molecular weight excluding hydrogens is 502 g/mol. The maximum Gasteiger partial charge on any atom is 0.116 e. The molecule has 0 heterocycles. The predicted octanol–water partition coefficient (Wildman–Crippen LogP) is 10.9. The Labute approximate surface area is 247 Å². The van der Waals surface area contributed by atoms with Crippen molar-refractivity contribution in [2.45, 2.75) is 182 Å². The summed E-state index contributed by atoms with van der Waals surface area (Å²) in [7, 11) is -4.15. The maximum atomic E-state index is 9.33. The van der Waals surface area contributed by atoms with Gasteiger partial charge in [-0.3, -0.25) is 0 Å². The van der Waals surface area contributed by atoms with Gasteiger partial charge in [0.1, 0.15) is 10.1 Å². The molecule has 236 valence electrons. The lowest BCUT2D eigenvalue weighted by Crippen LogP contribution is -2.48. The number of quaternary nitrogens is 1. The first-order chi connectivity index (χ1) is 18.8. The molecule has 0 aliphatic carbocycles. The van der Waals surface area contributed by atoms with Crippen molar-refractivity contribution < 1.29 is 17.5 Å². The van der Waals surface area contributed by atoms with Crippen molar-refractivity contribution >= 4 is 10.1 Å². The molecule has 0 unspecified atom stereocenters. The van der Waals surface area contributed by atoms with Gasteiger partial charge in [-0.05, 0) is 33.6 Å². The Bertz CT molecular complexity index is 567. The van der Waals surface area contributed by atoms with E-state index in [1.165, 1.54) is 185 Å². The Morgan fingerprint density at radius 3 is 0.872 bits per heavy atom. The Kier molecular flexibility index (Phi) is 31.9. The standard InChI is InChI=1S/C32H68N.C2H4O3S/c1-5-9-10-11-12-13-14-15-16-17-18-19-20-21-22-23-24-25-26-27-28-29-30-31-32-33(6-2,7-3)8-4;1-2-6(3,4)5/h5-32H2,1-4H3;2H,1H2,(H,3,4,5)/q+1;/p-1. The van der Waals surface area contributed by atoms with E-state index in [2.05, 4.69) is 34.3 Å². The van der Waals surface area contributed by atoms with E-state index in [0.29, 0.717) is 5.41 Å². The highest BCUT2D eigenvalue weighted by Gasteiger charge is 2.19. The van der Waals surface area contributed by atoms with E-state index >= 15 is 0 Å². The minimum absolute atomic E-state index is 0.354. The molecule has 39 heavy (non-hydrogen) atoms. The molecule has 5 heteroatoms. The summed E-state index contributed by atoms with van der Waals surface area (Å²) in [5.41, 5.74) is 0. The highest BCUT2D eigenvalue weighted by molar-refractivity contribution is 7.88. The van der Waals surface area contributed by atoms with Crippen molar-refractivity contribution in [2.24, 2.45) is 0 Å². The van der Waals surface area contributed by atoms with Crippen LogP contribution in [-0.4, -0.2) is 43.6 Å². The zero-order valence-electron chi connectivity index (χ0n) is 27.2. The van der Waals surface area contributed by atoms with Gasteiger partial charge in [-0.1, -0.05) is 155 Å². The van der Waals surface area contributed by atoms with Crippen LogP contribution in [0.4, 0.5) is 0 Å². The van der Waals surface area contributed by atoms with Crippen molar-refractivity contribution in [3.8, 4) is 0 Å². The summed E-state index contributed by atoms with van der Waals surface area (Å²) in [5.74, 6) is 0. The summed E-state index contributed by atoms with van der Waals surface area (Å²) < 4.78 is 29.3. The Hall–Kier alpha value is -0.390. The smallest absolute Gasteiger partial charge is 0.116 e. The third-order valence-corrected chi connectivity index (χ3v) is 9.11. The number of hydrogen-bond acceptors (Lipinski definition) is 3. The van der Waals surface area contributed by atoms with Gasteiger partial charge in [-0.25, -0.2) is 8.42 Å². The number of hydrogen-bond donors (Lipinski definition) is 0. The van der Waals surface area contributed by atoms with E-state index in [0.717, 1.165) is 0 Å². The van der Waals surface area contributed by atoms with Crippen LogP contribution in [0.2, 0.25) is 0 Å². The minimum atomic E-state index is -4.15. The lowest BCUT2D eigenvalue weighted by Gasteiger charge is -2.35. The van der Waals surface area contributed by atoms with Gasteiger partial charge in [0.05, 0.1) is 26.2 Å². The quantitative estimate of drug-likeness (QED) is 0.0508. The molecule has 0 atom stereocenters. The van der Waals surface area contributed by atoms with E-state index in [1.807, 2.05) is 0 Å². The molecule has 0 spiro atoms. The van der Waals surface area contributed by atoms with Gasteiger partial charge in [-0.15, -0.1) is 0 Å². The lowest BCUT2D eigenvalue weighted by atomic mass is 10.0. The van der Waals surface area contributed by atoms with Gasteiger partial charge in [0.2, 0.25) is 0 Å². The van der Waals surface area contributed by atoms with E-state index < -0.39 is 10.1 Å². The molecule has 0 amide bonds. The van der Waals surface area contributed by atoms with Gasteiger partial charge >= 0.3 is 0 Å². The van der Waals surface area contributed by atoms with Crippen molar-refractivity contribution in [1.29, 1.82) is 0 Å². The lowest BCUT2D eigenvalue weighted by molar-refractivity contribution is -0.923. The normalized spacial score (nSPS) is 11.8. The first kappa shape index (κ1) is 40.7. The largest absolute Gasteiger partial charge is 0.745 e. The van der Waals surface area contributed by atoms with E-state index in [4.69, 9.17) is 0 Å². The zero-order valence-corrected chi connectivity index (χ0v) is 28.0. The number of unbranched alkanes of at least 4 members (excludes halogenated alkanes) is 23. The van der Waals surface area contributed by atoms with Crippen molar-refractivity contribution in [2.75, 3.05) is 26.2 Å². The second-order valence-electron chi connectivity index (χ2n) is 11.8. The number of rotatable bonds is 29. The van der Waals surface area contributed by atoms with Crippen molar-refractivity contribution in [3.05, 3.63) is 12.0 Å². The first-order valence-electron chi connectivity index (χ1n) is 17.2. The van der Waals surface area contributed by atoms with Crippen LogP contribution in [0.1, 0.15) is 182 Å². The second kappa shape index (κ2) is 30.6. The predicted molar refractivity (Wildman–Crippen MR) is 173 cm³/mol. The average Bonchev–Trinajstić information content (AvgIpc) is 2.93. The average molecular weight is 574 g/mol. The summed E-state index contributed by atoms with van der Waals surface area (Å²) in [6.45, 7) is 17.5. The minimum Gasteiger partial charge on any atom is -0.745 e. The Morgan fingerprint density at radius 1 is 0.487 bits per heavy atom.